The van der Waals surface area contributed by atoms with Crippen molar-refractivity contribution in [3.63, 3.8) is 0 Å². The molecule has 1 fully saturated rings. The zero-order valence-electron chi connectivity index (χ0n) is 21.8. The van der Waals surface area contributed by atoms with Gasteiger partial charge in [0, 0.05) is 24.0 Å². The third-order valence-corrected chi connectivity index (χ3v) is 7.31. The van der Waals surface area contributed by atoms with Crippen molar-refractivity contribution in [1.82, 2.24) is 10.2 Å². The van der Waals surface area contributed by atoms with E-state index in [-0.39, 0.29) is 31.0 Å². The van der Waals surface area contributed by atoms with Crippen LogP contribution in [0.3, 0.4) is 0 Å². The molecule has 1 atom stereocenters. The first-order valence-electron chi connectivity index (χ1n) is 13.2. The Balaban J connectivity index is 1.63. The van der Waals surface area contributed by atoms with Crippen molar-refractivity contribution in [3.05, 3.63) is 95.0 Å². The second-order valence-electron chi connectivity index (χ2n) is 9.60. The van der Waals surface area contributed by atoms with Crippen LogP contribution in [0.25, 0.3) is 0 Å². The number of para-hydroxylation sites is 2. The first-order valence-corrected chi connectivity index (χ1v) is 13.6. The van der Waals surface area contributed by atoms with E-state index in [2.05, 4.69) is 5.32 Å². The molecule has 3 aromatic rings. The Hall–Kier alpha value is -3.51. The number of carbonyl (C=O) groups excluding carboxylic acids is 2. The van der Waals surface area contributed by atoms with Gasteiger partial charge >= 0.3 is 0 Å². The van der Waals surface area contributed by atoms with Crippen molar-refractivity contribution in [1.29, 1.82) is 0 Å². The smallest absolute Gasteiger partial charge is 0.261 e. The SMILES string of the molecule is COc1ccccc1OCC(=O)N(Cc1ccccc1Cl)[C@H](Cc1ccccc1)C(=O)NC1CCCCC1. The average molecular weight is 535 g/mol. The maximum Gasteiger partial charge on any atom is 0.261 e. The van der Waals surface area contributed by atoms with Crippen molar-refractivity contribution >= 4 is 23.4 Å². The Bertz CT molecular complexity index is 1200. The molecule has 7 heteroatoms. The van der Waals surface area contributed by atoms with Crippen molar-refractivity contribution in [2.45, 2.75) is 57.2 Å². The first-order chi connectivity index (χ1) is 18.5. The molecule has 0 saturated heterocycles. The number of hydrogen-bond acceptors (Lipinski definition) is 4. The molecule has 6 nitrogen and oxygen atoms in total. The Morgan fingerprint density at radius 1 is 0.921 bits per heavy atom. The maximum atomic E-state index is 13.8. The molecule has 1 N–H and O–H groups in total. The Morgan fingerprint density at radius 3 is 2.29 bits per heavy atom. The van der Waals surface area contributed by atoms with Crippen molar-refractivity contribution in [2.75, 3.05) is 13.7 Å². The topological polar surface area (TPSA) is 67.9 Å². The molecule has 0 unspecified atom stereocenters. The molecule has 3 aromatic carbocycles. The van der Waals surface area contributed by atoms with Crippen LogP contribution in [0.1, 0.15) is 43.2 Å². The molecule has 1 aliphatic rings. The first kappa shape index (κ1) is 27.5. The zero-order chi connectivity index (χ0) is 26.7. The summed E-state index contributed by atoms with van der Waals surface area (Å²) in [7, 11) is 1.55. The summed E-state index contributed by atoms with van der Waals surface area (Å²) in [4.78, 5) is 29.2. The number of rotatable bonds is 11. The second-order valence-corrected chi connectivity index (χ2v) is 10.0. The summed E-state index contributed by atoms with van der Waals surface area (Å²) in [5.74, 6) is 0.537. The van der Waals surface area contributed by atoms with Gasteiger partial charge in [-0.1, -0.05) is 91.5 Å². The molecular formula is C31H35ClN2O4. The van der Waals surface area contributed by atoms with E-state index in [9.17, 15) is 9.59 Å². The van der Waals surface area contributed by atoms with Gasteiger partial charge in [0.25, 0.3) is 5.91 Å². The van der Waals surface area contributed by atoms with Crippen molar-refractivity contribution in [2.24, 2.45) is 0 Å². The zero-order valence-corrected chi connectivity index (χ0v) is 22.5. The van der Waals surface area contributed by atoms with Crippen LogP contribution in [-0.2, 0) is 22.6 Å². The lowest BCUT2D eigenvalue weighted by Crippen LogP contribution is -2.53. The van der Waals surface area contributed by atoms with Gasteiger partial charge in [0.15, 0.2) is 18.1 Å². The fourth-order valence-electron chi connectivity index (χ4n) is 4.87. The van der Waals surface area contributed by atoms with Crippen molar-refractivity contribution < 1.29 is 19.1 Å². The molecule has 2 amide bonds. The lowest BCUT2D eigenvalue weighted by Gasteiger charge is -2.33. The fourth-order valence-corrected chi connectivity index (χ4v) is 5.06. The molecule has 0 spiro atoms. The fraction of sp³-hybridized carbons (Fsp3) is 0.355. The van der Waals surface area contributed by atoms with Gasteiger partial charge in [0.1, 0.15) is 6.04 Å². The molecular weight excluding hydrogens is 500 g/mol. The number of benzene rings is 3. The summed E-state index contributed by atoms with van der Waals surface area (Å²) in [6.07, 6.45) is 5.69. The highest BCUT2D eigenvalue weighted by molar-refractivity contribution is 6.31. The van der Waals surface area contributed by atoms with Gasteiger partial charge in [-0.2, -0.15) is 0 Å². The van der Waals surface area contributed by atoms with Gasteiger partial charge in [-0.25, -0.2) is 0 Å². The third kappa shape index (κ3) is 7.51. The van der Waals surface area contributed by atoms with E-state index in [0.29, 0.717) is 22.9 Å². The van der Waals surface area contributed by atoms with Crippen LogP contribution in [0.15, 0.2) is 78.9 Å². The number of nitrogens with one attached hydrogen (secondary N) is 1. The van der Waals surface area contributed by atoms with Crippen LogP contribution in [0.4, 0.5) is 0 Å². The minimum atomic E-state index is -0.732. The number of nitrogens with zero attached hydrogens (tertiary/aromatic N) is 1. The minimum absolute atomic E-state index is 0.122. The van der Waals surface area contributed by atoms with E-state index in [4.69, 9.17) is 21.1 Å². The van der Waals surface area contributed by atoms with Crippen LogP contribution >= 0.6 is 11.6 Å². The molecule has 0 aliphatic heterocycles. The lowest BCUT2D eigenvalue weighted by atomic mass is 9.94. The molecule has 0 radical (unpaired) electrons. The van der Waals surface area contributed by atoms with E-state index < -0.39 is 6.04 Å². The number of hydrogen-bond donors (Lipinski definition) is 1. The van der Waals surface area contributed by atoms with Gasteiger partial charge in [0.2, 0.25) is 5.91 Å². The number of carbonyl (C=O) groups is 2. The summed E-state index contributed by atoms with van der Waals surface area (Å²) in [6.45, 7) is -0.0593. The number of ether oxygens (including phenoxy) is 2. The van der Waals surface area contributed by atoms with Crippen LogP contribution in [0.2, 0.25) is 5.02 Å². The Morgan fingerprint density at radius 2 is 1.58 bits per heavy atom. The largest absolute Gasteiger partial charge is 0.493 e. The summed E-state index contributed by atoms with van der Waals surface area (Å²) < 4.78 is 11.3. The summed E-state index contributed by atoms with van der Waals surface area (Å²) in [5, 5.41) is 3.78. The predicted octanol–water partition coefficient (Wildman–Crippen LogP) is 5.82. The Kier molecular flexibility index (Phi) is 10.0. The highest BCUT2D eigenvalue weighted by atomic mass is 35.5. The normalized spacial score (nSPS) is 14.4. The third-order valence-electron chi connectivity index (χ3n) is 6.94. The van der Waals surface area contributed by atoms with Gasteiger partial charge in [-0.3, -0.25) is 9.59 Å². The van der Waals surface area contributed by atoms with Gasteiger partial charge in [0.05, 0.1) is 7.11 Å². The molecule has 0 bridgehead atoms. The molecule has 38 heavy (non-hydrogen) atoms. The standard InChI is InChI=1S/C31H35ClN2O4/c1-37-28-18-10-11-19-29(28)38-22-30(35)34(21-24-14-8-9-17-26(24)32)27(20-23-12-4-2-5-13-23)31(36)33-25-15-6-3-7-16-25/h2,4-5,8-14,17-19,25,27H,3,6-7,15-16,20-22H2,1H3,(H,33,36)/t27-/m1/s1. The molecule has 4 rings (SSSR count). The molecule has 200 valence electrons. The molecule has 1 aliphatic carbocycles. The molecule has 1 saturated carbocycles. The Labute approximate surface area is 229 Å². The number of amides is 2. The molecule has 0 aromatic heterocycles. The second kappa shape index (κ2) is 13.9. The summed E-state index contributed by atoms with van der Waals surface area (Å²) in [6, 6.07) is 23.7. The quantitative estimate of drug-likeness (QED) is 0.337. The van der Waals surface area contributed by atoms with Crippen LogP contribution in [0.5, 0.6) is 11.5 Å². The van der Waals surface area contributed by atoms with Gasteiger partial charge in [-0.05, 0) is 42.2 Å². The van der Waals surface area contributed by atoms with Crippen LogP contribution in [0, 0.1) is 0 Å². The highest BCUT2D eigenvalue weighted by Crippen LogP contribution is 2.27. The van der Waals surface area contributed by atoms with Gasteiger partial charge in [-0.15, -0.1) is 0 Å². The van der Waals surface area contributed by atoms with Crippen LogP contribution < -0.4 is 14.8 Å². The van der Waals surface area contributed by atoms with E-state index in [1.165, 1.54) is 6.42 Å². The summed E-state index contributed by atoms with van der Waals surface area (Å²) >= 11 is 6.50. The predicted molar refractivity (Wildman–Crippen MR) is 149 cm³/mol. The number of methoxy groups -OCH3 is 1. The van der Waals surface area contributed by atoms with E-state index in [0.717, 1.165) is 36.8 Å². The van der Waals surface area contributed by atoms with Crippen LogP contribution in [-0.4, -0.2) is 42.5 Å². The monoisotopic (exact) mass is 534 g/mol. The van der Waals surface area contributed by atoms with E-state index in [1.54, 1.807) is 30.2 Å². The summed E-state index contributed by atoms with van der Waals surface area (Å²) in [5.41, 5.74) is 1.74. The van der Waals surface area contributed by atoms with E-state index >= 15 is 0 Å². The highest BCUT2D eigenvalue weighted by Gasteiger charge is 2.32. The average Bonchev–Trinajstić information content (AvgIpc) is 2.95. The minimum Gasteiger partial charge on any atom is -0.493 e. The van der Waals surface area contributed by atoms with E-state index in [1.807, 2.05) is 60.7 Å². The number of halogens is 1. The molecule has 0 heterocycles. The lowest BCUT2D eigenvalue weighted by molar-refractivity contribution is -0.143. The van der Waals surface area contributed by atoms with Gasteiger partial charge < -0.3 is 19.7 Å². The maximum absolute atomic E-state index is 13.8. The van der Waals surface area contributed by atoms with Crippen molar-refractivity contribution in [3.8, 4) is 11.5 Å².